The third kappa shape index (κ3) is 5.47. The Morgan fingerprint density at radius 3 is 2.30 bits per heavy atom. The highest BCUT2D eigenvalue weighted by Gasteiger charge is 2.19. The zero-order valence-electron chi connectivity index (χ0n) is 16.7. The van der Waals surface area contributed by atoms with Gasteiger partial charge in [0.15, 0.2) is 11.5 Å². The number of hydrogen-bond donors (Lipinski definition) is 3. The smallest absolute Gasteiger partial charge is 0.255 e. The fraction of sp³-hybridized carbons (Fsp3) is 0.263. The lowest BCUT2D eigenvalue weighted by Gasteiger charge is -2.14. The van der Waals surface area contributed by atoms with Gasteiger partial charge in [0.1, 0.15) is 0 Å². The number of ether oxygens (including phenoxy) is 3. The molecule has 0 radical (unpaired) electrons. The maximum Gasteiger partial charge on any atom is 0.255 e. The summed E-state index contributed by atoms with van der Waals surface area (Å²) in [7, 11) is 0.426. The summed E-state index contributed by atoms with van der Waals surface area (Å²) in [6.45, 7) is 0.289. The maximum atomic E-state index is 12.7. The molecule has 0 bridgehead atoms. The van der Waals surface area contributed by atoms with Crippen LogP contribution in [0.5, 0.6) is 11.5 Å². The number of benzene rings is 2. The largest absolute Gasteiger partial charge is 0.493 e. The van der Waals surface area contributed by atoms with Gasteiger partial charge in [0.05, 0.1) is 37.0 Å². The van der Waals surface area contributed by atoms with Crippen molar-refractivity contribution in [3.05, 3.63) is 47.5 Å². The summed E-state index contributed by atoms with van der Waals surface area (Å²) in [6.07, 6.45) is 0. The number of nitrogens with one attached hydrogen (secondary N) is 2. The standard InChI is InChI=1S/C19H23N3O7S/c1-27-8-7-21-30(25,26)13-6-4-5-12(9-13)19(24)22-15-11-17(29-3)16(28-2)10-14(15)18(20)23/h4-6,9-11,21H,7-8H2,1-3H3,(H2,20,23)(H,22,24). The van der Waals surface area contributed by atoms with Crippen LogP contribution < -0.4 is 25.2 Å². The second kappa shape index (κ2) is 10.1. The van der Waals surface area contributed by atoms with Gasteiger partial charge in [-0.05, 0) is 24.3 Å². The van der Waals surface area contributed by atoms with E-state index < -0.39 is 21.8 Å². The van der Waals surface area contributed by atoms with Gasteiger partial charge >= 0.3 is 0 Å². The van der Waals surface area contributed by atoms with E-state index in [1.165, 1.54) is 57.7 Å². The summed E-state index contributed by atoms with van der Waals surface area (Å²) >= 11 is 0. The van der Waals surface area contributed by atoms with Gasteiger partial charge in [0.2, 0.25) is 10.0 Å². The van der Waals surface area contributed by atoms with Gasteiger partial charge in [-0.25, -0.2) is 13.1 Å². The summed E-state index contributed by atoms with van der Waals surface area (Å²) < 4.78 is 42.2. The molecule has 10 nitrogen and oxygen atoms in total. The molecule has 0 aliphatic carbocycles. The number of carbonyl (C=O) groups excluding carboxylic acids is 2. The fourth-order valence-electron chi connectivity index (χ4n) is 2.55. The van der Waals surface area contributed by atoms with Gasteiger partial charge in [0.25, 0.3) is 11.8 Å². The molecule has 0 heterocycles. The highest BCUT2D eigenvalue weighted by atomic mass is 32.2. The van der Waals surface area contributed by atoms with E-state index in [9.17, 15) is 18.0 Å². The highest BCUT2D eigenvalue weighted by molar-refractivity contribution is 7.89. The van der Waals surface area contributed by atoms with Crippen molar-refractivity contribution in [1.29, 1.82) is 0 Å². The lowest BCUT2D eigenvalue weighted by molar-refractivity contribution is 0.100. The van der Waals surface area contributed by atoms with E-state index in [2.05, 4.69) is 10.0 Å². The van der Waals surface area contributed by atoms with E-state index in [-0.39, 0.29) is 46.4 Å². The molecule has 0 aliphatic rings. The Bertz CT molecular complexity index is 1040. The third-order valence-electron chi connectivity index (χ3n) is 4.04. The number of sulfonamides is 1. The van der Waals surface area contributed by atoms with E-state index >= 15 is 0 Å². The number of primary amides is 1. The van der Waals surface area contributed by atoms with Crippen LogP contribution in [0.2, 0.25) is 0 Å². The van der Waals surface area contributed by atoms with Gasteiger partial charge in [-0.2, -0.15) is 0 Å². The molecule has 0 atom stereocenters. The predicted molar refractivity (Wildman–Crippen MR) is 110 cm³/mol. The van der Waals surface area contributed by atoms with E-state index in [0.717, 1.165) is 0 Å². The van der Waals surface area contributed by atoms with E-state index in [4.69, 9.17) is 19.9 Å². The lowest BCUT2D eigenvalue weighted by atomic mass is 10.1. The summed E-state index contributed by atoms with van der Waals surface area (Å²) in [6, 6.07) is 8.19. The topological polar surface area (TPSA) is 146 Å². The van der Waals surface area contributed by atoms with Crippen LogP contribution in [0.1, 0.15) is 20.7 Å². The molecule has 0 aromatic heterocycles. The third-order valence-corrected chi connectivity index (χ3v) is 5.50. The maximum absolute atomic E-state index is 12.7. The SMILES string of the molecule is COCCNS(=O)(=O)c1cccc(C(=O)Nc2cc(OC)c(OC)cc2C(N)=O)c1. The molecule has 2 rings (SSSR count). The Morgan fingerprint density at radius 1 is 1.03 bits per heavy atom. The Morgan fingerprint density at radius 2 is 1.70 bits per heavy atom. The average molecular weight is 437 g/mol. The molecule has 162 valence electrons. The van der Waals surface area contributed by atoms with Gasteiger partial charge in [-0.1, -0.05) is 6.07 Å². The number of methoxy groups -OCH3 is 3. The van der Waals surface area contributed by atoms with Crippen LogP contribution in [-0.4, -0.2) is 54.7 Å². The van der Waals surface area contributed by atoms with Gasteiger partial charge in [0, 0.05) is 25.3 Å². The minimum Gasteiger partial charge on any atom is -0.493 e. The van der Waals surface area contributed by atoms with Crippen LogP contribution in [0.25, 0.3) is 0 Å². The van der Waals surface area contributed by atoms with Gasteiger partial charge < -0.3 is 25.3 Å². The number of amides is 2. The van der Waals surface area contributed by atoms with Crippen molar-refractivity contribution in [2.75, 3.05) is 39.8 Å². The first-order chi connectivity index (χ1) is 14.2. The summed E-state index contributed by atoms with van der Waals surface area (Å²) in [4.78, 5) is 24.4. The van der Waals surface area contributed by atoms with Crippen molar-refractivity contribution >= 4 is 27.5 Å². The molecule has 4 N–H and O–H groups in total. The van der Waals surface area contributed by atoms with Gasteiger partial charge in [-0.3, -0.25) is 9.59 Å². The number of rotatable bonds is 10. The summed E-state index contributed by atoms with van der Waals surface area (Å²) in [5, 5.41) is 2.55. The molecular weight excluding hydrogens is 414 g/mol. The Hall–Kier alpha value is -3.15. The lowest BCUT2D eigenvalue weighted by Crippen LogP contribution is -2.27. The predicted octanol–water partition coefficient (Wildman–Crippen LogP) is 0.980. The van der Waals surface area contributed by atoms with Crippen molar-refractivity contribution in [3.8, 4) is 11.5 Å². The van der Waals surface area contributed by atoms with E-state index in [0.29, 0.717) is 0 Å². The molecule has 30 heavy (non-hydrogen) atoms. The van der Waals surface area contributed by atoms with Crippen LogP contribution >= 0.6 is 0 Å². The van der Waals surface area contributed by atoms with Crippen molar-refractivity contribution < 1.29 is 32.2 Å². The minimum atomic E-state index is -3.82. The molecule has 0 unspecified atom stereocenters. The molecule has 2 aromatic rings. The molecule has 2 amide bonds. The molecule has 0 saturated heterocycles. The van der Waals surface area contributed by atoms with Crippen LogP contribution in [-0.2, 0) is 14.8 Å². The number of nitrogens with two attached hydrogens (primary N) is 1. The van der Waals surface area contributed by atoms with Crippen molar-refractivity contribution in [1.82, 2.24) is 4.72 Å². The molecule has 0 fully saturated rings. The van der Waals surface area contributed by atoms with Crippen molar-refractivity contribution in [3.63, 3.8) is 0 Å². The second-order valence-corrected chi connectivity index (χ2v) is 7.76. The minimum absolute atomic E-state index is 0.00556. The first-order valence-electron chi connectivity index (χ1n) is 8.69. The fourth-order valence-corrected chi connectivity index (χ4v) is 3.61. The first kappa shape index (κ1) is 23.1. The van der Waals surface area contributed by atoms with Crippen molar-refractivity contribution in [2.45, 2.75) is 4.90 Å². The monoisotopic (exact) mass is 437 g/mol. The van der Waals surface area contributed by atoms with Crippen LogP contribution in [0.15, 0.2) is 41.3 Å². The zero-order valence-corrected chi connectivity index (χ0v) is 17.5. The van der Waals surface area contributed by atoms with E-state index in [1.54, 1.807) is 0 Å². The quantitative estimate of drug-likeness (QED) is 0.470. The van der Waals surface area contributed by atoms with Crippen molar-refractivity contribution in [2.24, 2.45) is 5.73 Å². The molecule has 11 heteroatoms. The Labute approximate surface area is 174 Å². The highest BCUT2D eigenvalue weighted by Crippen LogP contribution is 2.33. The molecular formula is C19H23N3O7S. The molecule has 2 aromatic carbocycles. The normalized spacial score (nSPS) is 11.0. The molecule has 0 spiro atoms. The Balaban J connectivity index is 2.34. The summed E-state index contributed by atoms with van der Waals surface area (Å²) in [5.41, 5.74) is 5.56. The number of carbonyl (C=O) groups is 2. The van der Waals surface area contributed by atoms with Crippen LogP contribution in [0, 0.1) is 0 Å². The molecule has 0 saturated carbocycles. The average Bonchev–Trinajstić information content (AvgIpc) is 2.73. The molecule has 0 aliphatic heterocycles. The summed E-state index contributed by atoms with van der Waals surface area (Å²) in [5.74, 6) is -0.889. The van der Waals surface area contributed by atoms with E-state index in [1.807, 2.05) is 0 Å². The number of anilines is 1. The zero-order chi connectivity index (χ0) is 22.3. The second-order valence-electron chi connectivity index (χ2n) is 5.99. The Kier molecular flexibility index (Phi) is 7.75. The van der Waals surface area contributed by atoms with Gasteiger partial charge in [-0.15, -0.1) is 0 Å². The van der Waals surface area contributed by atoms with Crippen LogP contribution in [0.4, 0.5) is 5.69 Å². The van der Waals surface area contributed by atoms with Crippen LogP contribution in [0.3, 0.4) is 0 Å². The first-order valence-corrected chi connectivity index (χ1v) is 10.2. The number of hydrogen-bond acceptors (Lipinski definition) is 7.